The Hall–Kier alpha value is -3.84. The molecule has 0 radical (unpaired) electrons. The van der Waals surface area contributed by atoms with Gasteiger partial charge in [-0.2, -0.15) is 9.49 Å². The first kappa shape index (κ1) is 29.2. The first-order valence-corrected chi connectivity index (χ1v) is 13.9. The monoisotopic (exact) mass is 571 g/mol. The van der Waals surface area contributed by atoms with E-state index in [4.69, 9.17) is 5.73 Å². The summed E-state index contributed by atoms with van der Waals surface area (Å²) in [7, 11) is 0. The normalized spacial score (nSPS) is 15.8. The minimum absolute atomic E-state index is 0.0281. The number of allylic oxidation sites excluding steroid dienone is 1. The van der Waals surface area contributed by atoms with Crippen LogP contribution in [0.5, 0.6) is 0 Å². The molecule has 1 atom stereocenters. The van der Waals surface area contributed by atoms with Gasteiger partial charge in [0.25, 0.3) is 11.8 Å². The Balaban J connectivity index is 1.56. The lowest BCUT2D eigenvalue weighted by Crippen LogP contribution is -2.28. The highest BCUT2D eigenvalue weighted by Gasteiger charge is 2.22. The number of carbonyl (C=O) groups is 2. The Kier molecular flexibility index (Phi) is 9.48. The maximum absolute atomic E-state index is 14.4. The number of hydrogen-bond donors (Lipinski definition) is 3. The lowest BCUT2D eigenvalue weighted by Gasteiger charge is -2.18. The van der Waals surface area contributed by atoms with Crippen molar-refractivity contribution in [1.82, 2.24) is 25.1 Å². The lowest BCUT2D eigenvalue weighted by molar-refractivity contribution is 0.0593. The molecule has 1 aliphatic rings. The van der Waals surface area contributed by atoms with Gasteiger partial charge in [-0.15, -0.1) is 11.3 Å². The molecule has 1 fully saturated rings. The number of carbonyl (C=O) groups excluding carboxylic acids is 2. The van der Waals surface area contributed by atoms with Gasteiger partial charge in [0.2, 0.25) is 5.95 Å². The highest BCUT2D eigenvalue weighted by molar-refractivity contribution is 7.13. The molecular weight excluding hydrogens is 540 g/mol. The molecule has 3 heterocycles. The van der Waals surface area contributed by atoms with Crippen molar-refractivity contribution in [2.45, 2.75) is 64.5 Å². The molecule has 1 aliphatic carbocycles. The van der Waals surface area contributed by atoms with Gasteiger partial charge in [-0.25, -0.2) is 19.0 Å². The average Bonchev–Trinajstić information content (AvgIpc) is 3.62. The van der Waals surface area contributed by atoms with E-state index in [-0.39, 0.29) is 29.0 Å². The third-order valence-corrected chi connectivity index (χ3v) is 7.26. The average molecular weight is 572 g/mol. The summed E-state index contributed by atoms with van der Waals surface area (Å²) in [6.45, 7) is 3.79. The summed E-state index contributed by atoms with van der Waals surface area (Å²) in [5, 5.41) is 18.7. The van der Waals surface area contributed by atoms with Crippen molar-refractivity contribution < 1.29 is 23.5 Å². The number of nitrogens with one attached hydrogen (secondary N) is 1. The van der Waals surface area contributed by atoms with Gasteiger partial charge in [0.15, 0.2) is 5.82 Å². The summed E-state index contributed by atoms with van der Waals surface area (Å²) >= 11 is 1.15. The van der Waals surface area contributed by atoms with Crippen LogP contribution >= 0.6 is 11.3 Å². The maximum Gasteiger partial charge on any atom is 0.275 e. The standard InChI is InChI=1S/C27H31F2N7O3S/c1-15(2)10-21(37)27(39)36-13-16(11-32-36)26-34-20(14-40-26)25(38)33-19(12-31-17-6-4-3-5-7-17)23(30)24-18(28)8-9-22(29)35-24/h8-9,11-15,17,21,37H,3-7,10,30H2,1-2H3,(H,33,38)/b23-19+,31-12?. The molecule has 0 spiro atoms. The second-order valence-electron chi connectivity index (χ2n) is 10.0. The number of thiazole rings is 1. The van der Waals surface area contributed by atoms with Crippen LogP contribution in [-0.2, 0) is 0 Å². The van der Waals surface area contributed by atoms with E-state index in [1.54, 1.807) is 0 Å². The molecule has 10 nitrogen and oxygen atoms in total. The SMILES string of the molecule is CC(C)CC(O)C(=O)n1cc(-c2nc(C(=O)N/C(C=NC3CCCCC3)=C(/N)c3nc(F)ccc3F)cs2)cn1. The number of aromatic nitrogens is 4. The highest BCUT2D eigenvalue weighted by atomic mass is 32.1. The highest BCUT2D eigenvalue weighted by Crippen LogP contribution is 2.24. The summed E-state index contributed by atoms with van der Waals surface area (Å²) in [5.74, 6) is -2.85. The lowest BCUT2D eigenvalue weighted by atomic mass is 9.96. The summed E-state index contributed by atoms with van der Waals surface area (Å²) in [5.41, 5.74) is 5.92. The summed E-state index contributed by atoms with van der Waals surface area (Å²) < 4.78 is 29.3. The number of hydrogen-bond acceptors (Lipinski definition) is 9. The van der Waals surface area contributed by atoms with Crippen LogP contribution < -0.4 is 11.1 Å². The van der Waals surface area contributed by atoms with Crippen LogP contribution in [0.4, 0.5) is 8.78 Å². The zero-order chi connectivity index (χ0) is 28.8. The van der Waals surface area contributed by atoms with Gasteiger partial charge in [0, 0.05) is 23.4 Å². The minimum atomic E-state index is -1.19. The maximum atomic E-state index is 14.4. The third kappa shape index (κ3) is 7.21. The van der Waals surface area contributed by atoms with Crippen molar-refractivity contribution in [2.75, 3.05) is 0 Å². The Morgan fingerprint density at radius 3 is 2.73 bits per heavy atom. The molecule has 13 heteroatoms. The second kappa shape index (κ2) is 13.0. The third-order valence-electron chi connectivity index (χ3n) is 6.37. The molecule has 1 saturated carbocycles. The van der Waals surface area contributed by atoms with Crippen LogP contribution in [0.15, 0.2) is 40.6 Å². The first-order valence-electron chi connectivity index (χ1n) is 13.0. The van der Waals surface area contributed by atoms with Gasteiger partial charge in [-0.05, 0) is 37.3 Å². The van der Waals surface area contributed by atoms with Crippen LogP contribution in [0.1, 0.15) is 73.3 Å². The number of nitrogens with two attached hydrogens (primary N) is 1. The molecule has 1 unspecified atom stereocenters. The van der Waals surface area contributed by atoms with Crippen LogP contribution in [-0.4, -0.2) is 55.0 Å². The Bertz CT molecular complexity index is 1430. The predicted octanol–water partition coefficient (Wildman–Crippen LogP) is 4.19. The van der Waals surface area contributed by atoms with Gasteiger partial charge in [-0.1, -0.05) is 33.1 Å². The number of aliphatic imine (C=N–C) groups is 1. The van der Waals surface area contributed by atoms with Gasteiger partial charge in [0.1, 0.15) is 22.5 Å². The largest absolute Gasteiger partial charge is 0.395 e. The first-order chi connectivity index (χ1) is 19.1. The molecule has 3 aromatic heterocycles. The summed E-state index contributed by atoms with van der Waals surface area (Å²) in [6, 6.07) is 1.81. The number of aliphatic hydroxyl groups is 1. The number of amides is 1. The van der Waals surface area contributed by atoms with Crippen molar-refractivity contribution in [1.29, 1.82) is 0 Å². The van der Waals surface area contributed by atoms with E-state index in [0.29, 0.717) is 17.0 Å². The molecule has 0 aliphatic heterocycles. The number of pyridine rings is 1. The van der Waals surface area contributed by atoms with Crippen LogP contribution in [0.3, 0.4) is 0 Å². The molecule has 4 N–H and O–H groups in total. The van der Waals surface area contributed by atoms with Crippen LogP contribution in [0.25, 0.3) is 16.3 Å². The fourth-order valence-corrected chi connectivity index (χ4v) is 5.04. The number of halogens is 2. The van der Waals surface area contributed by atoms with Gasteiger partial charge in [-0.3, -0.25) is 14.6 Å². The molecule has 1 amide bonds. The second-order valence-corrected chi connectivity index (χ2v) is 10.9. The number of nitrogens with zero attached hydrogens (tertiary/aromatic N) is 5. The fourth-order valence-electron chi connectivity index (χ4n) is 4.26. The number of rotatable bonds is 9. The van der Waals surface area contributed by atoms with Crippen LogP contribution in [0.2, 0.25) is 0 Å². The van der Waals surface area contributed by atoms with E-state index in [0.717, 1.165) is 60.3 Å². The molecule has 0 saturated heterocycles. The van der Waals surface area contributed by atoms with E-state index in [1.807, 2.05) is 13.8 Å². The van der Waals surface area contributed by atoms with E-state index in [1.165, 1.54) is 24.0 Å². The minimum Gasteiger partial charge on any atom is -0.395 e. The zero-order valence-corrected chi connectivity index (χ0v) is 23.0. The smallest absolute Gasteiger partial charge is 0.275 e. The van der Waals surface area contributed by atoms with Gasteiger partial charge >= 0.3 is 0 Å². The molecule has 40 heavy (non-hydrogen) atoms. The van der Waals surface area contributed by atoms with Crippen molar-refractivity contribution >= 4 is 35.1 Å². The van der Waals surface area contributed by atoms with Gasteiger partial charge < -0.3 is 16.2 Å². The van der Waals surface area contributed by atoms with E-state index >= 15 is 0 Å². The molecular formula is C27H31F2N7O3S. The van der Waals surface area contributed by atoms with Crippen molar-refractivity contribution in [2.24, 2.45) is 16.6 Å². The number of aliphatic hydroxyl groups excluding tert-OH is 1. The Morgan fingerprint density at radius 1 is 1.25 bits per heavy atom. The molecule has 212 valence electrons. The predicted molar refractivity (Wildman–Crippen MR) is 148 cm³/mol. The Labute approximate surface area is 234 Å². The molecule has 0 aromatic carbocycles. The van der Waals surface area contributed by atoms with Gasteiger partial charge in [0.05, 0.1) is 23.6 Å². The quantitative estimate of drug-likeness (QED) is 0.258. The van der Waals surface area contributed by atoms with E-state index in [2.05, 4.69) is 25.4 Å². The van der Waals surface area contributed by atoms with E-state index in [9.17, 15) is 23.5 Å². The summed E-state index contributed by atoms with van der Waals surface area (Å²) in [6.07, 6.45) is 8.28. The van der Waals surface area contributed by atoms with E-state index < -0.39 is 35.4 Å². The van der Waals surface area contributed by atoms with Crippen molar-refractivity contribution in [3.05, 3.63) is 58.8 Å². The molecule has 0 bridgehead atoms. The fraction of sp³-hybridized carbons (Fsp3) is 0.407. The molecule has 3 aromatic rings. The van der Waals surface area contributed by atoms with Crippen LogP contribution in [0, 0.1) is 17.7 Å². The molecule has 4 rings (SSSR count). The topological polar surface area (TPSA) is 148 Å². The zero-order valence-electron chi connectivity index (χ0n) is 22.2. The Morgan fingerprint density at radius 2 is 2.00 bits per heavy atom. The van der Waals surface area contributed by atoms with Crippen molar-refractivity contribution in [3.63, 3.8) is 0 Å². The summed E-state index contributed by atoms with van der Waals surface area (Å²) in [4.78, 5) is 38.0. The van der Waals surface area contributed by atoms with Crippen molar-refractivity contribution in [3.8, 4) is 10.6 Å².